The van der Waals surface area contributed by atoms with Crippen molar-refractivity contribution in [3.8, 4) is 0 Å². The fourth-order valence-electron chi connectivity index (χ4n) is 3.29. The zero-order valence-electron chi connectivity index (χ0n) is 16.2. The molecule has 0 fully saturated rings. The molecular weight excluding hydrogens is 463 g/mol. The van der Waals surface area contributed by atoms with Gasteiger partial charge >= 0.3 is 5.97 Å². The van der Waals surface area contributed by atoms with Crippen LogP contribution in [0.1, 0.15) is 22.0 Å². The second-order valence-electron chi connectivity index (χ2n) is 6.55. The van der Waals surface area contributed by atoms with Crippen LogP contribution in [0, 0.1) is 10.1 Å². The molecule has 2 aromatic carbocycles. The van der Waals surface area contributed by atoms with Gasteiger partial charge in [-0.15, -0.1) is 0 Å². The second kappa shape index (κ2) is 8.36. The lowest BCUT2D eigenvalue weighted by atomic mass is 9.89. The van der Waals surface area contributed by atoms with Gasteiger partial charge in [0.05, 0.1) is 17.6 Å². The van der Waals surface area contributed by atoms with Crippen LogP contribution < -0.4 is 5.32 Å². The maximum atomic E-state index is 13.6. The summed E-state index contributed by atoms with van der Waals surface area (Å²) in [4.78, 5) is 36.5. The molecule has 32 heavy (non-hydrogen) atoms. The van der Waals surface area contributed by atoms with E-state index in [4.69, 9.17) is 27.9 Å². The monoisotopic (exact) mass is 474 g/mol. The number of non-ortho nitro benzene ring substituents is 1. The normalized spacial score (nSPS) is 15.0. The number of benzene rings is 2. The number of ketones is 1. The molecule has 0 saturated heterocycles. The summed E-state index contributed by atoms with van der Waals surface area (Å²) in [6.45, 7) is 0. The molecule has 0 bridgehead atoms. The van der Waals surface area contributed by atoms with Gasteiger partial charge in [0, 0.05) is 33.3 Å². The summed E-state index contributed by atoms with van der Waals surface area (Å²) in [5, 5.41) is 25.6. The van der Waals surface area contributed by atoms with Crippen molar-refractivity contribution in [1.29, 1.82) is 0 Å². The van der Waals surface area contributed by atoms with Crippen molar-refractivity contribution < 1.29 is 19.2 Å². The van der Waals surface area contributed by atoms with Crippen LogP contribution in [0.15, 0.2) is 53.7 Å². The highest BCUT2D eigenvalue weighted by Gasteiger charge is 2.39. The molecule has 0 radical (unpaired) electrons. The molecule has 0 aliphatic carbocycles. The summed E-state index contributed by atoms with van der Waals surface area (Å²) in [6, 6.07) is 8.59. The summed E-state index contributed by atoms with van der Waals surface area (Å²) in [6.07, 6.45) is 0. The first-order chi connectivity index (χ1) is 15.3. The number of halogens is 2. The predicted octanol–water partition coefficient (Wildman–Crippen LogP) is 3.21. The summed E-state index contributed by atoms with van der Waals surface area (Å²) in [5.41, 5.74) is 0.0626. The number of Topliss-reactive ketones (excluding diaryl/α,β-unsaturated/α-hetero) is 1. The van der Waals surface area contributed by atoms with E-state index >= 15 is 0 Å². The van der Waals surface area contributed by atoms with E-state index in [9.17, 15) is 19.7 Å². The number of anilines is 1. The number of hydrogen-bond acceptors (Lipinski definition) is 9. The number of nitro groups is 1. The van der Waals surface area contributed by atoms with Crippen molar-refractivity contribution in [2.24, 2.45) is 0 Å². The van der Waals surface area contributed by atoms with Gasteiger partial charge in [-0.05, 0) is 34.7 Å². The van der Waals surface area contributed by atoms with Crippen LogP contribution >= 0.6 is 23.2 Å². The third-order valence-corrected chi connectivity index (χ3v) is 5.31. The molecule has 1 N–H and O–H groups in total. The minimum Gasteiger partial charge on any atom is -0.464 e. The molecular formula is C19H12Cl2N6O5. The van der Waals surface area contributed by atoms with Gasteiger partial charge in [0.2, 0.25) is 5.95 Å². The number of fused-ring (bicyclic) bond motifs is 1. The first kappa shape index (κ1) is 21.4. The van der Waals surface area contributed by atoms with E-state index in [1.54, 1.807) is 12.1 Å². The Hall–Kier alpha value is -3.83. The van der Waals surface area contributed by atoms with Crippen LogP contribution in [0.4, 0.5) is 11.6 Å². The number of nitrogens with one attached hydrogen (secondary N) is 1. The third kappa shape index (κ3) is 3.67. The number of hydrogen-bond donors (Lipinski definition) is 1. The molecule has 3 aromatic rings. The minimum atomic E-state index is -1.01. The molecule has 1 aliphatic rings. The average Bonchev–Trinajstić information content (AvgIpc) is 3.25. The molecule has 1 aliphatic heterocycles. The number of nitro benzene ring substituents is 1. The molecule has 0 amide bonds. The van der Waals surface area contributed by atoms with E-state index < -0.39 is 22.7 Å². The molecule has 162 valence electrons. The lowest BCUT2D eigenvalue weighted by molar-refractivity contribution is -0.384. The van der Waals surface area contributed by atoms with Crippen molar-refractivity contribution >= 4 is 46.6 Å². The van der Waals surface area contributed by atoms with Crippen molar-refractivity contribution in [1.82, 2.24) is 20.2 Å². The molecule has 11 nitrogen and oxygen atoms in total. The van der Waals surface area contributed by atoms with Gasteiger partial charge in [-0.3, -0.25) is 14.9 Å². The predicted molar refractivity (Wildman–Crippen MR) is 113 cm³/mol. The fraction of sp³-hybridized carbons (Fsp3) is 0.105. The van der Waals surface area contributed by atoms with Crippen LogP contribution in [0.25, 0.3) is 0 Å². The Bertz CT molecular complexity index is 1290. The van der Waals surface area contributed by atoms with Crippen LogP contribution in [-0.2, 0) is 9.53 Å². The number of allylic oxidation sites excluding steroid dienone is 1. The molecule has 2 heterocycles. The van der Waals surface area contributed by atoms with Crippen LogP contribution in [0.3, 0.4) is 0 Å². The molecule has 0 saturated carbocycles. The maximum absolute atomic E-state index is 13.6. The summed E-state index contributed by atoms with van der Waals surface area (Å²) >= 11 is 12.4. The number of tetrazole rings is 1. The van der Waals surface area contributed by atoms with E-state index in [2.05, 4.69) is 20.8 Å². The largest absolute Gasteiger partial charge is 0.464 e. The fourth-order valence-corrected chi connectivity index (χ4v) is 3.80. The number of esters is 1. The summed E-state index contributed by atoms with van der Waals surface area (Å²) < 4.78 is 6.14. The van der Waals surface area contributed by atoms with E-state index in [1.165, 1.54) is 35.0 Å². The van der Waals surface area contributed by atoms with E-state index in [0.29, 0.717) is 10.6 Å². The number of aromatic nitrogens is 4. The summed E-state index contributed by atoms with van der Waals surface area (Å²) in [7, 11) is 1.16. The van der Waals surface area contributed by atoms with Gasteiger partial charge in [0.25, 0.3) is 5.69 Å². The smallest absolute Gasteiger partial charge is 0.355 e. The third-order valence-electron chi connectivity index (χ3n) is 4.75. The van der Waals surface area contributed by atoms with Gasteiger partial charge in [-0.1, -0.05) is 34.4 Å². The van der Waals surface area contributed by atoms with Crippen LogP contribution in [0.2, 0.25) is 10.0 Å². The summed E-state index contributed by atoms with van der Waals surface area (Å²) in [5.74, 6) is -1.36. The molecule has 4 rings (SSSR count). The first-order valence-corrected chi connectivity index (χ1v) is 9.69. The van der Waals surface area contributed by atoms with E-state index in [1.807, 2.05) is 0 Å². The molecule has 1 aromatic heterocycles. The number of carbonyl (C=O) groups excluding carboxylic acids is 2. The Morgan fingerprint density at radius 2 is 1.91 bits per heavy atom. The SMILES string of the molecule is COC(=O)C1=C(C(=O)c2ccc([N+](=O)[O-])cc2)[C@@H](c2ccc(Cl)cc2Cl)n2nnnc2N1. The highest BCUT2D eigenvalue weighted by atomic mass is 35.5. The topological polar surface area (TPSA) is 142 Å². The maximum Gasteiger partial charge on any atom is 0.355 e. The Morgan fingerprint density at radius 1 is 1.19 bits per heavy atom. The van der Waals surface area contributed by atoms with Gasteiger partial charge in [0.1, 0.15) is 11.7 Å². The Balaban J connectivity index is 1.94. The van der Waals surface area contributed by atoms with Gasteiger partial charge in [-0.25, -0.2) is 4.79 Å². The van der Waals surface area contributed by atoms with Gasteiger partial charge in [0.15, 0.2) is 5.78 Å². The lowest BCUT2D eigenvalue weighted by Crippen LogP contribution is -2.33. The quantitative estimate of drug-likeness (QED) is 0.255. The van der Waals surface area contributed by atoms with Crippen molar-refractivity contribution in [2.45, 2.75) is 6.04 Å². The molecule has 1 atom stereocenters. The number of rotatable bonds is 5. The first-order valence-electron chi connectivity index (χ1n) is 8.93. The highest BCUT2D eigenvalue weighted by Crippen LogP contribution is 2.40. The standard InChI is InChI=1S/C19H12Cl2N6O5/c1-32-18(29)15-14(17(28)9-2-5-11(6-3-9)27(30)31)16(26-19(22-15)23-24-25-26)12-7-4-10(20)8-13(12)21/h2-8,16H,1H3,(H,22,23,25)/t16-/m1/s1. The van der Waals surface area contributed by atoms with Gasteiger partial charge < -0.3 is 10.1 Å². The molecule has 0 spiro atoms. The Morgan fingerprint density at radius 3 is 2.53 bits per heavy atom. The van der Waals surface area contributed by atoms with Crippen LogP contribution in [-0.4, -0.2) is 44.0 Å². The zero-order valence-corrected chi connectivity index (χ0v) is 17.7. The van der Waals surface area contributed by atoms with E-state index in [-0.39, 0.29) is 33.5 Å². The minimum absolute atomic E-state index is 0.0604. The van der Waals surface area contributed by atoms with Crippen molar-refractivity contribution in [3.63, 3.8) is 0 Å². The van der Waals surface area contributed by atoms with Crippen LogP contribution in [0.5, 0.6) is 0 Å². The second-order valence-corrected chi connectivity index (χ2v) is 7.40. The van der Waals surface area contributed by atoms with Gasteiger partial charge in [-0.2, -0.15) is 4.68 Å². The van der Waals surface area contributed by atoms with Crippen molar-refractivity contribution in [3.05, 3.63) is 85.0 Å². The molecule has 0 unspecified atom stereocenters. The lowest BCUT2D eigenvalue weighted by Gasteiger charge is -2.28. The number of methoxy groups -OCH3 is 1. The van der Waals surface area contributed by atoms with Crippen molar-refractivity contribution in [2.75, 3.05) is 12.4 Å². The zero-order chi connectivity index (χ0) is 23.0. The number of carbonyl (C=O) groups is 2. The average molecular weight is 475 g/mol. The highest BCUT2D eigenvalue weighted by molar-refractivity contribution is 6.35. The molecule has 13 heteroatoms. The number of nitrogens with zero attached hydrogens (tertiary/aromatic N) is 5. The Kier molecular flexibility index (Phi) is 5.59. The number of ether oxygens (including phenoxy) is 1. The Labute approximate surface area is 189 Å². The van der Waals surface area contributed by atoms with E-state index in [0.717, 1.165) is 7.11 Å².